The molecule has 0 aliphatic rings. The third-order valence-corrected chi connectivity index (χ3v) is 3.29. The molecule has 0 aliphatic heterocycles. The predicted octanol–water partition coefficient (Wildman–Crippen LogP) is 3.69. The van der Waals surface area contributed by atoms with Crippen LogP contribution in [0.1, 0.15) is 53.4 Å². The van der Waals surface area contributed by atoms with E-state index in [1.807, 2.05) is 7.05 Å². The first-order valence-corrected chi connectivity index (χ1v) is 6.26. The smallest absolute Gasteiger partial charge is 0.00262 e. The molecule has 0 aromatic heterocycles. The van der Waals surface area contributed by atoms with Gasteiger partial charge >= 0.3 is 0 Å². The normalized spacial score (nSPS) is 15.9. The van der Waals surface area contributed by atoms with Crippen LogP contribution in [0.2, 0.25) is 0 Å². The lowest BCUT2D eigenvalue weighted by Gasteiger charge is -2.19. The first kappa shape index (κ1) is 14.0. The van der Waals surface area contributed by atoms with Gasteiger partial charge in [-0.05, 0) is 37.8 Å². The second-order valence-electron chi connectivity index (χ2n) is 5.01. The monoisotopic (exact) mass is 199 g/mol. The standard InChI is InChI=1S/C13H29N/c1-6-13(11(2)3)9-7-8-12(4)10-14-5/h11-14H,6-10H2,1-5H3. The van der Waals surface area contributed by atoms with E-state index < -0.39 is 0 Å². The van der Waals surface area contributed by atoms with Gasteiger partial charge in [0.1, 0.15) is 0 Å². The molecule has 0 saturated heterocycles. The molecule has 1 heteroatoms. The minimum Gasteiger partial charge on any atom is -0.319 e. The molecular weight excluding hydrogens is 170 g/mol. The summed E-state index contributed by atoms with van der Waals surface area (Å²) in [6, 6.07) is 0. The average Bonchev–Trinajstić information content (AvgIpc) is 2.12. The van der Waals surface area contributed by atoms with Crippen molar-refractivity contribution >= 4 is 0 Å². The fraction of sp³-hybridized carbons (Fsp3) is 1.00. The third-order valence-electron chi connectivity index (χ3n) is 3.29. The van der Waals surface area contributed by atoms with E-state index >= 15 is 0 Å². The molecule has 0 amide bonds. The van der Waals surface area contributed by atoms with Gasteiger partial charge in [-0.25, -0.2) is 0 Å². The topological polar surface area (TPSA) is 12.0 Å². The highest BCUT2D eigenvalue weighted by atomic mass is 14.8. The molecule has 86 valence electrons. The highest BCUT2D eigenvalue weighted by Crippen LogP contribution is 2.22. The van der Waals surface area contributed by atoms with Gasteiger partial charge in [0.25, 0.3) is 0 Å². The van der Waals surface area contributed by atoms with Crippen LogP contribution in [-0.4, -0.2) is 13.6 Å². The van der Waals surface area contributed by atoms with Gasteiger partial charge in [-0.1, -0.05) is 47.0 Å². The maximum absolute atomic E-state index is 3.24. The Labute approximate surface area is 90.7 Å². The van der Waals surface area contributed by atoms with E-state index in [4.69, 9.17) is 0 Å². The van der Waals surface area contributed by atoms with E-state index in [-0.39, 0.29) is 0 Å². The summed E-state index contributed by atoms with van der Waals surface area (Å²) in [5.74, 6) is 2.64. The Morgan fingerprint density at radius 1 is 1.07 bits per heavy atom. The molecule has 0 aliphatic carbocycles. The Kier molecular flexibility index (Phi) is 8.26. The summed E-state index contributed by atoms with van der Waals surface area (Å²) in [6.07, 6.45) is 5.55. The Morgan fingerprint density at radius 3 is 2.14 bits per heavy atom. The molecule has 0 saturated carbocycles. The average molecular weight is 199 g/mol. The Hall–Kier alpha value is -0.0400. The van der Waals surface area contributed by atoms with Gasteiger partial charge in [0, 0.05) is 0 Å². The number of hydrogen-bond donors (Lipinski definition) is 1. The van der Waals surface area contributed by atoms with E-state index in [0.29, 0.717) is 0 Å². The van der Waals surface area contributed by atoms with Crippen molar-refractivity contribution in [3.05, 3.63) is 0 Å². The largest absolute Gasteiger partial charge is 0.319 e. The van der Waals surface area contributed by atoms with Gasteiger partial charge < -0.3 is 5.32 Å². The van der Waals surface area contributed by atoms with Gasteiger partial charge in [-0.2, -0.15) is 0 Å². The Balaban J connectivity index is 3.50. The molecule has 14 heavy (non-hydrogen) atoms. The highest BCUT2D eigenvalue weighted by molar-refractivity contribution is 4.63. The summed E-state index contributed by atoms with van der Waals surface area (Å²) >= 11 is 0. The highest BCUT2D eigenvalue weighted by Gasteiger charge is 2.11. The number of rotatable bonds is 8. The quantitative estimate of drug-likeness (QED) is 0.628. The van der Waals surface area contributed by atoms with Crippen molar-refractivity contribution in [2.75, 3.05) is 13.6 Å². The zero-order valence-electron chi connectivity index (χ0n) is 10.8. The molecule has 2 unspecified atom stereocenters. The van der Waals surface area contributed by atoms with Crippen LogP contribution in [0.4, 0.5) is 0 Å². The fourth-order valence-electron chi connectivity index (χ4n) is 2.19. The summed E-state index contributed by atoms with van der Waals surface area (Å²) < 4.78 is 0. The maximum Gasteiger partial charge on any atom is -0.00262 e. The van der Waals surface area contributed by atoms with Crippen molar-refractivity contribution in [1.29, 1.82) is 0 Å². The van der Waals surface area contributed by atoms with E-state index in [1.54, 1.807) is 0 Å². The molecule has 0 aromatic rings. The van der Waals surface area contributed by atoms with Gasteiger partial charge in [-0.3, -0.25) is 0 Å². The summed E-state index contributed by atoms with van der Waals surface area (Å²) in [5.41, 5.74) is 0. The predicted molar refractivity (Wildman–Crippen MR) is 65.6 cm³/mol. The van der Waals surface area contributed by atoms with Gasteiger partial charge in [0.2, 0.25) is 0 Å². The molecule has 0 radical (unpaired) electrons. The number of hydrogen-bond acceptors (Lipinski definition) is 1. The maximum atomic E-state index is 3.24. The molecule has 0 heterocycles. The molecule has 1 N–H and O–H groups in total. The molecule has 0 bridgehead atoms. The zero-order valence-corrected chi connectivity index (χ0v) is 10.8. The molecule has 0 rings (SSSR count). The summed E-state index contributed by atoms with van der Waals surface area (Å²) in [4.78, 5) is 0. The van der Waals surface area contributed by atoms with Crippen molar-refractivity contribution in [2.24, 2.45) is 17.8 Å². The van der Waals surface area contributed by atoms with Crippen LogP contribution < -0.4 is 5.32 Å². The summed E-state index contributed by atoms with van der Waals surface area (Å²) in [7, 11) is 2.04. The van der Waals surface area contributed by atoms with E-state index in [9.17, 15) is 0 Å². The first-order chi connectivity index (χ1) is 6.61. The van der Waals surface area contributed by atoms with Gasteiger partial charge in [0.15, 0.2) is 0 Å². The SMILES string of the molecule is CCC(CCCC(C)CNC)C(C)C. The zero-order chi connectivity index (χ0) is 11.0. The molecule has 0 aromatic carbocycles. The van der Waals surface area contributed by atoms with Crippen LogP contribution in [0.5, 0.6) is 0 Å². The Morgan fingerprint density at radius 2 is 1.71 bits per heavy atom. The third kappa shape index (κ3) is 6.42. The van der Waals surface area contributed by atoms with Crippen LogP contribution in [-0.2, 0) is 0 Å². The van der Waals surface area contributed by atoms with Crippen molar-refractivity contribution in [2.45, 2.75) is 53.4 Å². The van der Waals surface area contributed by atoms with Crippen LogP contribution in [0.25, 0.3) is 0 Å². The summed E-state index contributed by atoms with van der Waals surface area (Å²) in [5, 5.41) is 3.24. The first-order valence-electron chi connectivity index (χ1n) is 6.26. The van der Waals surface area contributed by atoms with Crippen LogP contribution in [0.15, 0.2) is 0 Å². The molecule has 0 fully saturated rings. The van der Waals surface area contributed by atoms with Crippen molar-refractivity contribution in [1.82, 2.24) is 5.32 Å². The van der Waals surface area contributed by atoms with E-state index in [1.165, 1.54) is 32.2 Å². The lowest BCUT2D eigenvalue weighted by molar-refractivity contribution is 0.325. The lowest BCUT2D eigenvalue weighted by Crippen LogP contribution is -2.16. The second-order valence-corrected chi connectivity index (χ2v) is 5.01. The molecular formula is C13H29N. The van der Waals surface area contributed by atoms with Crippen LogP contribution in [0.3, 0.4) is 0 Å². The van der Waals surface area contributed by atoms with Gasteiger partial charge in [0.05, 0.1) is 0 Å². The van der Waals surface area contributed by atoms with Gasteiger partial charge in [-0.15, -0.1) is 0 Å². The van der Waals surface area contributed by atoms with Crippen molar-refractivity contribution in [3.8, 4) is 0 Å². The second kappa shape index (κ2) is 8.28. The van der Waals surface area contributed by atoms with Crippen LogP contribution >= 0.6 is 0 Å². The summed E-state index contributed by atoms with van der Waals surface area (Å²) in [6.45, 7) is 10.5. The van der Waals surface area contributed by atoms with E-state index in [0.717, 1.165) is 17.8 Å². The van der Waals surface area contributed by atoms with E-state index in [2.05, 4.69) is 33.0 Å². The minimum absolute atomic E-state index is 0.838. The minimum atomic E-state index is 0.838. The fourth-order valence-corrected chi connectivity index (χ4v) is 2.19. The van der Waals surface area contributed by atoms with Crippen LogP contribution in [0, 0.1) is 17.8 Å². The molecule has 0 spiro atoms. The number of nitrogens with one attached hydrogen (secondary N) is 1. The lowest BCUT2D eigenvalue weighted by atomic mass is 9.87. The molecule has 1 nitrogen and oxygen atoms in total. The molecule has 2 atom stereocenters. The van der Waals surface area contributed by atoms with Crippen molar-refractivity contribution < 1.29 is 0 Å². The Bertz CT molecular complexity index is 120. The van der Waals surface area contributed by atoms with Crippen molar-refractivity contribution in [3.63, 3.8) is 0 Å².